The number of benzene rings is 1. The molecule has 9 heteroatoms. The van der Waals surface area contributed by atoms with Crippen molar-refractivity contribution in [3.05, 3.63) is 69.8 Å². The van der Waals surface area contributed by atoms with Crippen molar-refractivity contribution in [2.75, 3.05) is 18.5 Å². The summed E-state index contributed by atoms with van der Waals surface area (Å²) in [5.41, 5.74) is 4.01. The van der Waals surface area contributed by atoms with Crippen molar-refractivity contribution in [2.45, 2.75) is 51.1 Å². The van der Waals surface area contributed by atoms with Gasteiger partial charge in [-0.1, -0.05) is 12.1 Å². The molecule has 0 bridgehead atoms. The maximum absolute atomic E-state index is 13.7. The fraction of sp³-hybridized carbons (Fsp3) is 0.385. The van der Waals surface area contributed by atoms with Crippen LogP contribution in [-0.4, -0.2) is 37.5 Å². The Morgan fingerprint density at radius 3 is 2.80 bits per heavy atom. The zero-order chi connectivity index (χ0) is 24.2. The lowest BCUT2D eigenvalue weighted by atomic mass is 10.0. The molecule has 0 radical (unpaired) electrons. The van der Waals surface area contributed by atoms with Crippen molar-refractivity contribution in [3.8, 4) is 5.82 Å². The molecule has 2 aliphatic rings. The average Bonchev–Trinajstić information content (AvgIpc) is 3.62. The lowest BCUT2D eigenvalue weighted by molar-refractivity contribution is 0.410. The molecule has 1 aromatic carbocycles. The maximum Gasteiger partial charge on any atom is 0.278 e. The van der Waals surface area contributed by atoms with E-state index < -0.39 is 12.1 Å². The van der Waals surface area contributed by atoms with Crippen LogP contribution in [-0.2, 0) is 18.4 Å². The molecule has 0 amide bonds. The van der Waals surface area contributed by atoms with Crippen LogP contribution >= 0.6 is 0 Å². The molecule has 3 aromatic heterocycles. The smallest absolute Gasteiger partial charge is 0.278 e. The van der Waals surface area contributed by atoms with E-state index in [2.05, 4.69) is 27.8 Å². The number of aromatic nitrogens is 5. The van der Waals surface area contributed by atoms with E-state index in [0.29, 0.717) is 22.8 Å². The first-order valence-electron chi connectivity index (χ1n) is 12.1. The normalized spacial score (nSPS) is 16.5. The molecule has 180 valence electrons. The number of hydrogen-bond donors (Lipinski definition) is 2. The van der Waals surface area contributed by atoms with Crippen molar-refractivity contribution in [3.63, 3.8) is 0 Å². The van der Waals surface area contributed by atoms with Crippen LogP contribution in [0.3, 0.4) is 0 Å². The molecular formula is C26H28FN7O. The van der Waals surface area contributed by atoms with Crippen LogP contribution in [0.5, 0.6) is 0 Å². The summed E-state index contributed by atoms with van der Waals surface area (Å²) >= 11 is 0. The van der Waals surface area contributed by atoms with Gasteiger partial charge in [-0.3, -0.25) is 9.18 Å². The number of nitrogens with one attached hydrogen (secondary N) is 2. The molecule has 0 saturated heterocycles. The molecule has 1 fully saturated rings. The van der Waals surface area contributed by atoms with Gasteiger partial charge in [-0.15, -0.1) is 0 Å². The maximum atomic E-state index is 13.7. The van der Waals surface area contributed by atoms with E-state index in [9.17, 15) is 9.18 Å². The van der Waals surface area contributed by atoms with E-state index in [4.69, 9.17) is 9.97 Å². The Labute approximate surface area is 202 Å². The van der Waals surface area contributed by atoms with Crippen LogP contribution in [0.4, 0.5) is 16.0 Å². The second-order valence-electron chi connectivity index (χ2n) is 9.82. The Kier molecular flexibility index (Phi) is 5.17. The molecule has 0 atom stereocenters. The number of hydrogen-bond acceptors (Lipinski definition) is 6. The van der Waals surface area contributed by atoms with Gasteiger partial charge in [0.1, 0.15) is 12.1 Å². The van der Waals surface area contributed by atoms with E-state index in [-0.39, 0.29) is 11.6 Å². The minimum absolute atomic E-state index is 0.136. The molecule has 4 aromatic rings. The van der Waals surface area contributed by atoms with Crippen LogP contribution in [0.15, 0.2) is 47.4 Å². The molecule has 1 saturated carbocycles. The molecule has 35 heavy (non-hydrogen) atoms. The third-order valence-electron chi connectivity index (χ3n) is 7.07. The van der Waals surface area contributed by atoms with Gasteiger partial charge in [-0.25, -0.2) is 19.3 Å². The van der Waals surface area contributed by atoms with Gasteiger partial charge in [0.25, 0.3) is 5.56 Å². The fourth-order valence-electron chi connectivity index (χ4n) is 4.88. The molecule has 1 aliphatic carbocycles. The molecule has 0 unspecified atom stereocenters. The monoisotopic (exact) mass is 473 g/mol. The number of halogens is 1. The van der Waals surface area contributed by atoms with Gasteiger partial charge in [0.05, 0.1) is 5.69 Å². The van der Waals surface area contributed by atoms with Gasteiger partial charge in [-0.05, 0) is 75.0 Å². The van der Waals surface area contributed by atoms with Crippen molar-refractivity contribution in [1.29, 1.82) is 0 Å². The number of nitrogens with zero attached hydrogens (tertiary/aromatic N) is 5. The minimum atomic E-state index is -0.495. The largest absolute Gasteiger partial charge is 0.324 e. The summed E-state index contributed by atoms with van der Waals surface area (Å²) in [6, 6.07) is 11.7. The summed E-state index contributed by atoms with van der Waals surface area (Å²) < 4.78 is 17.1. The van der Waals surface area contributed by atoms with Crippen LogP contribution in [0, 0.1) is 0 Å². The Bertz CT molecular complexity index is 1490. The zero-order valence-corrected chi connectivity index (χ0v) is 19.9. The van der Waals surface area contributed by atoms with Crippen LogP contribution in [0.25, 0.3) is 16.9 Å². The van der Waals surface area contributed by atoms with Crippen LogP contribution < -0.4 is 16.2 Å². The number of rotatable bonds is 6. The number of pyridine rings is 1. The number of fused-ring (bicyclic) bond motifs is 2. The van der Waals surface area contributed by atoms with Gasteiger partial charge in [0, 0.05) is 29.9 Å². The van der Waals surface area contributed by atoms with Crippen molar-refractivity contribution in [2.24, 2.45) is 0 Å². The molecule has 0 spiro atoms. The van der Waals surface area contributed by atoms with Gasteiger partial charge in [0.15, 0.2) is 11.5 Å². The Morgan fingerprint density at radius 1 is 1.17 bits per heavy atom. The van der Waals surface area contributed by atoms with Crippen molar-refractivity contribution < 1.29 is 4.39 Å². The predicted octanol–water partition coefficient (Wildman–Crippen LogP) is 3.95. The summed E-state index contributed by atoms with van der Waals surface area (Å²) in [7, 11) is 0. The molecule has 2 N–H and O–H groups in total. The van der Waals surface area contributed by atoms with Gasteiger partial charge in [-0.2, -0.15) is 4.98 Å². The molecular weight excluding hydrogens is 445 g/mol. The molecule has 8 nitrogen and oxygen atoms in total. The van der Waals surface area contributed by atoms with Gasteiger partial charge >= 0.3 is 0 Å². The van der Waals surface area contributed by atoms with Crippen molar-refractivity contribution in [1.82, 2.24) is 29.6 Å². The van der Waals surface area contributed by atoms with E-state index in [1.54, 1.807) is 15.6 Å². The molecule has 4 heterocycles. The lowest BCUT2D eigenvalue weighted by Crippen LogP contribution is -2.25. The fourth-order valence-corrected chi connectivity index (χ4v) is 4.88. The summed E-state index contributed by atoms with van der Waals surface area (Å²) in [6.45, 7) is 5.28. The minimum Gasteiger partial charge on any atom is -0.324 e. The Balaban J connectivity index is 1.45. The summed E-state index contributed by atoms with van der Waals surface area (Å²) in [5.74, 6) is 0.946. The highest BCUT2D eigenvalue weighted by atomic mass is 19.1. The highest BCUT2D eigenvalue weighted by Gasteiger charge is 2.46. The highest BCUT2D eigenvalue weighted by Crippen LogP contribution is 2.47. The van der Waals surface area contributed by atoms with Crippen molar-refractivity contribution >= 4 is 22.7 Å². The number of alkyl halides is 1. The van der Waals surface area contributed by atoms with Gasteiger partial charge in [0.2, 0.25) is 5.95 Å². The SMILES string of the molecule is CC(C)n1c(=O)c2cnc(Nc3ccc4c(c3)CNCC4)nc2n1-c1cccc(C2(CF)CC2)n1. The number of anilines is 2. The first-order chi connectivity index (χ1) is 17.0. The first-order valence-corrected chi connectivity index (χ1v) is 12.1. The third kappa shape index (κ3) is 3.70. The summed E-state index contributed by atoms with van der Waals surface area (Å²) in [5, 5.41) is 7.10. The van der Waals surface area contributed by atoms with Gasteiger partial charge < -0.3 is 10.6 Å². The lowest BCUT2D eigenvalue weighted by Gasteiger charge is -2.18. The van der Waals surface area contributed by atoms with E-state index >= 15 is 0 Å². The molecule has 6 rings (SSSR count). The predicted molar refractivity (Wildman–Crippen MR) is 133 cm³/mol. The standard InChI is InChI=1S/C26H28FN7O/c1-16(2)33-24(35)20-14-29-25(30-19-7-6-17-8-11-28-13-18(17)12-19)32-23(20)34(33)22-5-3-4-21(31-22)26(15-27)9-10-26/h3-7,12,14,16,28H,8-11,13,15H2,1-2H3,(H,29,30,32). The van der Waals surface area contributed by atoms with Crippen LogP contribution in [0.1, 0.15) is 49.6 Å². The highest BCUT2D eigenvalue weighted by molar-refractivity contribution is 5.77. The zero-order valence-electron chi connectivity index (χ0n) is 19.9. The Hall–Kier alpha value is -3.59. The Morgan fingerprint density at radius 2 is 2.03 bits per heavy atom. The first kappa shape index (κ1) is 21.9. The van der Waals surface area contributed by atoms with Crippen LogP contribution in [0.2, 0.25) is 0 Å². The average molecular weight is 474 g/mol. The molecule has 1 aliphatic heterocycles. The summed E-state index contributed by atoms with van der Waals surface area (Å²) in [6.07, 6.45) is 4.16. The third-order valence-corrected chi connectivity index (χ3v) is 7.07. The second-order valence-corrected chi connectivity index (χ2v) is 9.82. The second kappa shape index (κ2) is 8.27. The summed E-state index contributed by atoms with van der Waals surface area (Å²) in [4.78, 5) is 27.3. The van der Waals surface area contributed by atoms with E-state index in [0.717, 1.165) is 43.7 Å². The van der Waals surface area contributed by atoms with E-state index in [1.165, 1.54) is 11.1 Å². The quantitative estimate of drug-likeness (QED) is 0.441. The van der Waals surface area contributed by atoms with E-state index in [1.807, 2.05) is 38.1 Å². The topological polar surface area (TPSA) is 89.7 Å².